The van der Waals surface area contributed by atoms with Crippen molar-refractivity contribution < 1.29 is 19.4 Å². The predicted molar refractivity (Wildman–Crippen MR) is 120 cm³/mol. The lowest BCUT2D eigenvalue weighted by atomic mass is 10.00. The second-order valence-corrected chi connectivity index (χ2v) is 8.88. The topological polar surface area (TPSA) is 66.8 Å². The van der Waals surface area contributed by atoms with Crippen molar-refractivity contribution in [3.05, 3.63) is 34.0 Å². The van der Waals surface area contributed by atoms with E-state index in [4.69, 9.17) is 4.74 Å². The molecule has 0 bridgehead atoms. The molecule has 1 amide bonds. The maximum atomic E-state index is 12.3. The zero-order valence-corrected chi connectivity index (χ0v) is 19.0. The minimum atomic E-state index is -0.554. The molecule has 3 atom stereocenters. The Morgan fingerprint density at radius 2 is 2.23 bits per heavy atom. The van der Waals surface area contributed by atoms with Crippen LogP contribution in [0.2, 0.25) is 0 Å². The molecule has 2 heterocycles. The summed E-state index contributed by atoms with van der Waals surface area (Å²) in [5.74, 6) is 6.17. The number of aliphatic hydroxyl groups is 1. The van der Waals surface area contributed by atoms with Gasteiger partial charge in [-0.3, -0.25) is 4.79 Å². The van der Waals surface area contributed by atoms with Crippen LogP contribution in [0.3, 0.4) is 0 Å². The number of carbonyl (C=O) groups is 2. The normalized spacial score (nSPS) is 18.3. The number of ether oxygens (including phenoxy) is 1. The lowest BCUT2D eigenvalue weighted by Crippen LogP contribution is -2.33. The number of hydrogen-bond acceptors (Lipinski definition) is 5. The second-order valence-electron chi connectivity index (χ2n) is 7.71. The van der Waals surface area contributed by atoms with Crippen LogP contribution in [-0.2, 0) is 16.0 Å². The van der Waals surface area contributed by atoms with Crippen molar-refractivity contribution >= 4 is 23.2 Å². The Balaban J connectivity index is 1.83. The van der Waals surface area contributed by atoms with Crippen molar-refractivity contribution in [1.29, 1.82) is 0 Å². The number of rotatable bonds is 10. The highest BCUT2D eigenvalue weighted by molar-refractivity contribution is 7.13. The van der Waals surface area contributed by atoms with E-state index in [0.717, 1.165) is 37.0 Å². The maximum Gasteiger partial charge on any atom is 0.348 e. The molecule has 0 aromatic carbocycles. The van der Waals surface area contributed by atoms with Gasteiger partial charge in [-0.2, -0.15) is 0 Å². The fraction of sp³-hybridized carbons (Fsp3) is 0.583. The highest BCUT2D eigenvalue weighted by atomic mass is 32.1. The molecule has 164 valence electrons. The first-order valence-electron chi connectivity index (χ1n) is 10.7. The first kappa shape index (κ1) is 24.2. The van der Waals surface area contributed by atoms with Crippen molar-refractivity contribution in [2.75, 3.05) is 13.7 Å². The second kappa shape index (κ2) is 12.6. The number of thiophene rings is 1. The molecule has 1 N–H and O–H groups in total. The van der Waals surface area contributed by atoms with Crippen molar-refractivity contribution in [1.82, 2.24) is 4.90 Å². The average molecular weight is 432 g/mol. The van der Waals surface area contributed by atoms with Crippen LogP contribution in [0, 0.1) is 17.8 Å². The molecule has 2 rings (SSSR count). The van der Waals surface area contributed by atoms with Crippen molar-refractivity contribution in [3.8, 4) is 11.8 Å². The fourth-order valence-electron chi connectivity index (χ4n) is 3.39. The van der Waals surface area contributed by atoms with Crippen molar-refractivity contribution in [3.63, 3.8) is 0 Å². The predicted octanol–water partition coefficient (Wildman–Crippen LogP) is 4.21. The van der Waals surface area contributed by atoms with Gasteiger partial charge in [-0.15, -0.1) is 23.2 Å². The van der Waals surface area contributed by atoms with E-state index in [1.165, 1.54) is 18.4 Å². The molecule has 1 aromatic rings. The molecule has 6 heteroatoms. The van der Waals surface area contributed by atoms with Crippen LogP contribution in [0.15, 0.2) is 24.3 Å². The van der Waals surface area contributed by atoms with Crippen molar-refractivity contribution in [2.45, 2.75) is 70.9 Å². The molecule has 0 unspecified atom stereocenters. The fourth-order valence-corrected chi connectivity index (χ4v) is 4.36. The van der Waals surface area contributed by atoms with Gasteiger partial charge in [0.15, 0.2) is 0 Å². The molecule has 1 aliphatic heterocycles. The number of likely N-dealkylation sites (tertiary alicyclic amines) is 1. The van der Waals surface area contributed by atoms with E-state index in [9.17, 15) is 14.7 Å². The Morgan fingerprint density at radius 1 is 1.43 bits per heavy atom. The summed E-state index contributed by atoms with van der Waals surface area (Å²) in [6.07, 6.45) is 8.86. The molecule has 1 saturated heterocycles. The van der Waals surface area contributed by atoms with Crippen LogP contribution in [-0.4, -0.2) is 47.7 Å². The number of carbonyl (C=O) groups excluding carboxylic acids is 2. The first-order chi connectivity index (χ1) is 14.5. The van der Waals surface area contributed by atoms with Gasteiger partial charge < -0.3 is 14.7 Å². The summed E-state index contributed by atoms with van der Waals surface area (Å²) in [4.78, 5) is 27.5. The van der Waals surface area contributed by atoms with Gasteiger partial charge in [0.2, 0.25) is 5.91 Å². The van der Waals surface area contributed by atoms with E-state index in [-0.39, 0.29) is 23.8 Å². The van der Waals surface area contributed by atoms with E-state index in [0.29, 0.717) is 24.3 Å². The van der Waals surface area contributed by atoms with E-state index in [1.807, 2.05) is 30.0 Å². The molecule has 5 nitrogen and oxygen atoms in total. The summed E-state index contributed by atoms with van der Waals surface area (Å²) in [5, 5.41) is 10.4. The van der Waals surface area contributed by atoms with Gasteiger partial charge in [-0.25, -0.2) is 4.79 Å². The quantitative estimate of drug-likeness (QED) is 0.342. The van der Waals surface area contributed by atoms with Gasteiger partial charge in [0.1, 0.15) is 4.88 Å². The SMILES string of the molecule is CCCC#CC[C@@H](C)[C@@H](O)C=C[C@H]1CCC(=O)N1CCCc1ccc(C(=O)OC)s1. The third-order valence-electron chi connectivity index (χ3n) is 5.28. The van der Waals surface area contributed by atoms with Crippen LogP contribution >= 0.6 is 11.3 Å². The van der Waals surface area contributed by atoms with Crippen LogP contribution in [0.4, 0.5) is 0 Å². The summed E-state index contributed by atoms with van der Waals surface area (Å²) in [6, 6.07) is 3.77. The number of amides is 1. The molecule has 1 aromatic heterocycles. The molecule has 1 aliphatic rings. The van der Waals surface area contributed by atoms with Gasteiger partial charge in [0.25, 0.3) is 0 Å². The number of aliphatic hydroxyl groups excluding tert-OH is 1. The third kappa shape index (κ3) is 7.30. The third-order valence-corrected chi connectivity index (χ3v) is 6.41. The molecule has 0 aliphatic carbocycles. The monoisotopic (exact) mass is 431 g/mol. The van der Waals surface area contributed by atoms with Crippen LogP contribution in [0.5, 0.6) is 0 Å². The van der Waals surface area contributed by atoms with E-state index in [1.54, 1.807) is 6.07 Å². The van der Waals surface area contributed by atoms with Crippen LogP contribution < -0.4 is 0 Å². The Bertz CT molecular complexity index is 789. The largest absolute Gasteiger partial charge is 0.465 e. The molecule has 0 radical (unpaired) electrons. The molecule has 30 heavy (non-hydrogen) atoms. The van der Waals surface area contributed by atoms with E-state index in [2.05, 4.69) is 18.8 Å². The number of unbranched alkanes of at least 4 members (excludes halogenated alkanes) is 1. The zero-order chi connectivity index (χ0) is 21.9. The van der Waals surface area contributed by atoms with Gasteiger partial charge in [0.05, 0.1) is 19.3 Å². The number of nitrogens with zero attached hydrogens (tertiary/aromatic N) is 1. The van der Waals surface area contributed by atoms with E-state index >= 15 is 0 Å². The molecule has 0 saturated carbocycles. The molecule has 1 fully saturated rings. The standard InChI is InChI=1S/C24H33NO4S/c1-4-5-6-7-9-18(2)21(26)14-11-19-12-16-23(27)25(19)17-8-10-20-13-15-22(30-20)24(28)29-3/h11,13-15,18-19,21,26H,4-5,8-10,12,16-17H2,1-3H3/t18-,19+,21+/m1/s1. The Kier molecular flexibility index (Phi) is 10.1. The lowest BCUT2D eigenvalue weighted by molar-refractivity contribution is -0.128. The summed E-state index contributed by atoms with van der Waals surface area (Å²) < 4.78 is 4.74. The van der Waals surface area contributed by atoms with Gasteiger partial charge in [-0.1, -0.05) is 26.0 Å². The summed E-state index contributed by atoms with van der Waals surface area (Å²) in [7, 11) is 1.38. The minimum absolute atomic E-state index is 0.0412. The lowest BCUT2D eigenvalue weighted by Gasteiger charge is -2.23. The Morgan fingerprint density at radius 3 is 2.97 bits per heavy atom. The summed E-state index contributed by atoms with van der Waals surface area (Å²) in [5.41, 5.74) is 0. The molecular formula is C24H33NO4S. The highest BCUT2D eigenvalue weighted by Gasteiger charge is 2.28. The smallest absolute Gasteiger partial charge is 0.348 e. The average Bonchev–Trinajstić information content (AvgIpc) is 3.36. The van der Waals surface area contributed by atoms with E-state index < -0.39 is 6.10 Å². The number of hydrogen-bond donors (Lipinski definition) is 1. The van der Waals surface area contributed by atoms with Crippen LogP contribution in [0.1, 0.15) is 66.9 Å². The van der Waals surface area contributed by atoms with Gasteiger partial charge >= 0.3 is 5.97 Å². The van der Waals surface area contributed by atoms with Crippen LogP contribution in [0.25, 0.3) is 0 Å². The first-order valence-corrected chi connectivity index (χ1v) is 11.6. The molecule has 0 spiro atoms. The highest BCUT2D eigenvalue weighted by Crippen LogP contribution is 2.23. The molecular weight excluding hydrogens is 398 g/mol. The van der Waals surface area contributed by atoms with Gasteiger partial charge in [0, 0.05) is 30.7 Å². The Labute approximate surface area is 184 Å². The summed E-state index contributed by atoms with van der Waals surface area (Å²) >= 11 is 1.44. The summed E-state index contributed by atoms with van der Waals surface area (Å²) in [6.45, 7) is 4.77. The number of esters is 1. The number of methoxy groups -OCH3 is 1. The number of aryl methyl sites for hydroxylation is 1. The zero-order valence-electron chi connectivity index (χ0n) is 18.2. The minimum Gasteiger partial charge on any atom is -0.465 e. The Hall–Kier alpha value is -2.10. The van der Waals surface area contributed by atoms with Crippen molar-refractivity contribution in [2.24, 2.45) is 5.92 Å². The maximum absolute atomic E-state index is 12.3. The van der Waals surface area contributed by atoms with Gasteiger partial charge in [-0.05, 0) is 43.7 Å².